The maximum atomic E-state index is 13.3. The molecule has 1 saturated carbocycles. The summed E-state index contributed by atoms with van der Waals surface area (Å²) in [6, 6.07) is 5.31. The number of nitrogens with zero attached hydrogens (tertiary/aromatic N) is 1. The summed E-state index contributed by atoms with van der Waals surface area (Å²) in [5, 5.41) is 14.0. The van der Waals surface area contributed by atoms with Gasteiger partial charge in [0.2, 0.25) is 0 Å². The first kappa shape index (κ1) is 17.9. The molecule has 1 aliphatic rings. The van der Waals surface area contributed by atoms with Gasteiger partial charge in [-0.2, -0.15) is 5.26 Å². The van der Waals surface area contributed by atoms with Gasteiger partial charge in [0.25, 0.3) is 0 Å². The van der Waals surface area contributed by atoms with E-state index in [4.69, 9.17) is 5.26 Å². The lowest BCUT2D eigenvalue weighted by atomic mass is 9.78. The Morgan fingerprint density at radius 1 is 1.25 bits per heavy atom. The van der Waals surface area contributed by atoms with Crippen molar-refractivity contribution in [2.75, 3.05) is 5.32 Å². The number of amides is 2. The number of hydrogen-bond donors (Lipinski definition) is 2. The number of hydrogen-bond acceptors (Lipinski definition) is 3. The maximum absolute atomic E-state index is 13.3. The number of anilines is 1. The van der Waals surface area contributed by atoms with E-state index in [0.29, 0.717) is 11.8 Å². The number of halogens is 1. The first-order chi connectivity index (χ1) is 11.4. The van der Waals surface area contributed by atoms with Crippen LogP contribution in [0.15, 0.2) is 18.2 Å². The normalized spacial score (nSPS) is 20.3. The first-order valence-corrected chi connectivity index (χ1v) is 8.24. The molecule has 2 N–H and O–H groups in total. The van der Waals surface area contributed by atoms with Gasteiger partial charge >= 0.3 is 11.8 Å². The van der Waals surface area contributed by atoms with Gasteiger partial charge in [0, 0.05) is 11.7 Å². The lowest BCUT2D eigenvalue weighted by molar-refractivity contribution is -0.137. The van der Waals surface area contributed by atoms with E-state index < -0.39 is 17.6 Å². The highest BCUT2D eigenvalue weighted by molar-refractivity contribution is 6.39. The van der Waals surface area contributed by atoms with Crippen molar-refractivity contribution in [3.8, 4) is 6.07 Å². The third-order valence-corrected chi connectivity index (χ3v) is 4.54. The van der Waals surface area contributed by atoms with Crippen molar-refractivity contribution in [2.24, 2.45) is 11.8 Å². The Morgan fingerprint density at radius 2 is 1.96 bits per heavy atom. The fraction of sp³-hybridized carbons (Fsp3) is 0.500. The maximum Gasteiger partial charge on any atom is 0.313 e. The highest BCUT2D eigenvalue weighted by Crippen LogP contribution is 2.30. The van der Waals surface area contributed by atoms with Gasteiger partial charge in [-0.05, 0) is 42.9 Å². The molecule has 0 bridgehead atoms. The molecule has 0 heterocycles. The molecule has 5 nitrogen and oxygen atoms in total. The summed E-state index contributed by atoms with van der Waals surface area (Å²) in [7, 11) is 0. The van der Waals surface area contributed by atoms with E-state index >= 15 is 0 Å². The molecule has 2 amide bonds. The van der Waals surface area contributed by atoms with Crippen LogP contribution >= 0.6 is 0 Å². The molecule has 0 spiro atoms. The second-order valence-corrected chi connectivity index (χ2v) is 6.53. The van der Waals surface area contributed by atoms with E-state index in [1.165, 1.54) is 12.1 Å². The number of carbonyl (C=O) groups is 2. The van der Waals surface area contributed by atoms with Crippen LogP contribution in [0.3, 0.4) is 0 Å². The topological polar surface area (TPSA) is 82.0 Å². The molecular weight excluding hydrogens is 309 g/mol. The molecule has 0 aliphatic heterocycles. The van der Waals surface area contributed by atoms with Gasteiger partial charge in [0.05, 0.1) is 5.56 Å². The second kappa shape index (κ2) is 7.91. The Bertz CT molecular complexity index is 667. The summed E-state index contributed by atoms with van der Waals surface area (Å²) < 4.78 is 13.3. The number of nitrogens with one attached hydrogen (secondary N) is 2. The Kier molecular flexibility index (Phi) is 5.91. The molecule has 2 atom stereocenters. The summed E-state index contributed by atoms with van der Waals surface area (Å²) in [6.07, 6.45) is 4.11. The van der Waals surface area contributed by atoms with E-state index in [1.807, 2.05) is 0 Å². The lowest BCUT2D eigenvalue weighted by Crippen LogP contribution is -2.47. The van der Waals surface area contributed by atoms with Gasteiger partial charge in [0.15, 0.2) is 0 Å². The van der Waals surface area contributed by atoms with Crippen LogP contribution in [0, 0.1) is 29.0 Å². The molecule has 1 aromatic rings. The summed E-state index contributed by atoms with van der Waals surface area (Å²) >= 11 is 0. The zero-order valence-corrected chi connectivity index (χ0v) is 13.9. The van der Waals surface area contributed by atoms with Crippen molar-refractivity contribution < 1.29 is 14.0 Å². The Morgan fingerprint density at radius 3 is 2.62 bits per heavy atom. The monoisotopic (exact) mass is 331 g/mol. The molecule has 24 heavy (non-hydrogen) atoms. The van der Waals surface area contributed by atoms with Crippen LogP contribution < -0.4 is 10.6 Å². The molecule has 0 radical (unpaired) electrons. The summed E-state index contributed by atoms with van der Waals surface area (Å²) in [5.41, 5.74) is 0.0394. The molecule has 1 aliphatic carbocycles. The molecule has 128 valence electrons. The SMILES string of the molecule is CC(C)[C@H]1CCCC[C@@H]1NC(=O)C(=O)Nc1ccc(F)c(C#N)c1. The number of benzene rings is 1. The average Bonchev–Trinajstić information content (AvgIpc) is 2.56. The summed E-state index contributed by atoms with van der Waals surface area (Å²) in [6.45, 7) is 4.24. The molecule has 1 aromatic carbocycles. The first-order valence-electron chi connectivity index (χ1n) is 8.24. The minimum absolute atomic E-state index is 0.000104. The fourth-order valence-electron chi connectivity index (χ4n) is 3.25. The average molecular weight is 331 g/mol. The molecule has 0 unspecified atom stereocenters. The van der Waals surface area contributed by atoms with Crippen LogP contribution in [-0.4, -0.2) is 17.9 Å². The molecule has 2 rings (SSSR count). The van der Waals surface area contributed by atoms with Crippen molar-refractivity contribution in [2.45, 2.75) is 45.6 Å². The van der Waals surface area contributed by atoms with Crippen molar-refractivity contribution in [3.05, 3.63) is 29.6 Å². The van der Waals surface area contributed by atoms with Crippen LogP contribution in [0.5, 0.6) is 0 Å². The Balaban J connectivity index is 1.99. The van der Waals surface area contributed by atoms with E-state index in [9.17, 15) is 14.0 Å². The minimum Gasteiger partial charge on any atom is -0.345 e. The fourth-order valence-corrected chi connectivity index (χ4v) is 3.25. The predicted octanol–water partition coefficient (Wildman–Crippen LogP) is 2.97. The quantitative estimate of drug-likeness (QED) is 0.835. The van der Waals surface area contributed by atoms with Crippen LogP contribution in [0.1, 0.15) is 45.1 Å². The van der Waals surface area contributed by atoms with Crippen molar-refractivity contribution in [3.63, 3.8) is 0 Å². The standard InChI is InChI=1S/C18H22FN3O2/c1-11(2)14-5-3-4-6-16(14)22-18(24)17(23)21-13-7-8-15(19)12(9-13)10-20/h7-9,11,14,16H,3-6H2,1-2H3,(H,21,23)(H,22,24)/t14-,16+/m1/s1. The number of carbonyl (C=O) groups excluding carboxylic acids is 2. The van der Waals surface area contributed by atoms with Crippen molar-refractivity contribution in [1.82, 2.24) is 5.32 Å². The van der Waals surface area contributed by atoms with Gasteiger partial charge in [-0.25, -0.2) is 4.39 Å². The lowest BCUT2D eigenvalue weighted by Gasteiger charge is -2.34. The Labute approximate surface area is 141 Å². The molecular formula is C18H22FN3O2. The van der Waals surface area contributed by atoms with Gasteiger partial charge in [-0.15, -0.1) is 0 Å². The molecule has 0 saturated heterocycles. The van der Waals surface area contributed by atoms with E-state index in [-0.39, 0.29) is 17.3 Å². The van der Waals surface area contributed by atoms with Crippen molar-refractivity contribution >= 4 is 17.5 Å². The van der Waals surface area contributed by atoms with Crippen LogP contribution in [0.2, 0.25) is 0 Å². The minimum atomic E-state index is -0.807. The second-order valence-electron chi connectivity index (χ2n) is 6.53. The Hall–Kier alpha value is -2.42. The third-order valence-electron chi connectivity index (χ3n) is 4.54. The van der Waals surface area contributed by atoms with E-state index in [0.717, 1.165) is 31.7 Å². The summed E-state index contributed by atoms with van der Waals surface area (Å²) in [5.74, 6) is -1.36. The largest absolute Gasteiger partial charge is 0.345 e. The smallest absolute Gasteiger partial charge is 0.313 e. The predicted molar refractivity (Wildman–Crippen MR) is 88.5 cm³/mol. The third kappa shape index (κ3) is 4.31. The van der Waals surface area contributed by atoms with Crippen LogP contribution in [0.4, 0.5) is 10.1 Å². The zero-order valence-electron chi connectivity index (χ0n) is 13.9. The van der Waals surface area contributed by atoms with Gasteiger partial charge in [-0.1, -0.05) is 26.7 Å². The van der Waals surface area contributed by atoms with Gasteiger partial charge in [0.1, 0.15) is 11.9 Å². The number of rotatable bonds is 3. The highest BCUT2D eigenvalue weighted by atomic mass is 19.1. The summed E-state index contributed by atoms with van der Waals surface area (Å²) in [4.78, 5) is 24.2. The van der Waals surface area contributed by atoms with E-state index in [1.54, 1.807) is 6.07 Å². The molecule has 0 aromatic heterocycles. The van der Waals surface area contributed by atoms with Crippen LogP contribution in [-0.2, 0) is 9.59 Å². The van der Waals surface area contributed by atoms with Crippen molar-refractivity contribution in [1.29, 1.82) is 5.26 Å². The van der Waals surface area contributed by atoms with Gasteiger partial charge in [-0.3, -0.25) is 9.59 Å². The van der Waals surface area contributed by atoms with E-state index in [2.05, 4.69) is 24.5 Å². The zero-order chi connectivity index (χ0) is 17.7. The molecule has 1 fully saturated rings. The highest BCUT2D eigenvalue weighted by Gasteiger charge is 2.30. The molecule has 6 heteroatoms. The van der Waals surface area contributed by atoms with Crippen LogP contribution in [0.25, 0.3) is 0 Å². The van der Waals surface area contributed by atoms with Gasteiger partial charge < -0.3 is 10.6 Å². The number of nitriles is 1.